The van der Waals surface area contributed by atoms with Crippen LogP contribution in [0.4, 0.5) is 18.9 Å². The van der Waals surface area contributed by atoms with E-state index in [1.165, 1.54) is 12.1 Å². The van der Waals surface area contributed by atoms with Crippen LogP contribution in [0.5, 0.6) is 5.75 Å². The van der Waals surface area contributed by atoms with Gasteiger partial charge in [0.2, 0.25) is 17.7 Å². The molecule has 30 heavy (non-hydrogen) atoms. The maximum Gasteiger partial charge on any atom is 0.573 e. The second-order valence-corrected chi connectivity index (χ2v) is 8.09. The van der Waals surface area contributed by atoms with Crippen molar-refractivity contribution in [2.24, 2.45) is 0 Å². The molecule has 1 heterocycles. The highest BCUT2D eigenvalue weighted by Gasteiger charge is 2.31. The molecule has 1 saturated carbocycles. The second-order valence-electron chi connectivity index (χ2n) is 6.99. The number of benzene rings is 1. The second kappa shape index (κ2) is 9.56. The molecule has 3 amide bonds. The molecule has 4 N–H and O–H groups in total. The Kier molecular flexibility index (Phi) is 7.08. The molecule has 2 fully saturated rings. The average Bonchev–Trinajstić information content (AvgIpc) is 3.44. The van der Waals surface area contributed by atoms with Gasteiger partial charge in [-0.3, -0.25) is 19.7 Å². The van der Waals surface area contributed by atoms with Gasteiger partial charge in [-0.1, -0.05) is 0 Å². The van der Waals surface area contributed by atoms with Crippen LogP contribution in [-0.4, -0.2) is 47.4 Å². The zero-order chi connectivity index (χ0) is 21.7. The number of rotatable bonds is 8. The van der Waals surface area contributed by atoms with Crippen molar-refractivity contribution in [3.8, 4) is 5.75 Å². The standard InChI is InChI=1S/C18H21F3N4O4S/c19-18(20,21)29-13-5-3-11(4-6-13)23-16(28)9-30-17-24-12(8-15(27)25-17)7-14(26)22-10-1-2-10/h3-6,10,12,17,24H,1-2,7-9H2,(H,22,26)(H,23,28)(H,25,27). The normalized spacial score (nSPS) is 21.5. The van der Waals surface area contributed by atoms with Crippen LogP contribution in [0.15, 0.2) is 24.3 Å². The maximum atomic E-state index is 12.2. The lowest BCUT2D eigenvalue weighted by Crippen LogP contribution is -2.56. The first kappa shape index (κ1) is 22.2. The van der Waals surface area contributed by atoms with Gasteiger partial charge in [-0.15, -0.1) is 24.9 Å². The first-order valence-corrected chi connectivity index (χ1v) is 10.3. The van der Waals surface area contributed by atoms with E-state index in [-0.39, 0.29) is 48.2 Å². The minimum Gasteiger partial charge on any atom is -0.406 e. The lowest BCUT2D eigenvalue weighted by atomic mass is 10.1. The van der Waals surface area contributed by atoms with Crippen LogP contribution < -0.4 is 26.0 Å². The lowest BCUT2D eigenvalue weighted by Gasteiger charge is -2.30. The van der Waals surface area contributed by atoms with Crippen LogP contribution in [-0.2, 0) is 14.4 Å². The SMILES string of the molecule is O=C(CSC1NC(=O)CC(CC(=O)NC2CC2)N1)Nc1ccc(OC(F)(F)F)cc1. The summed E-state index contributed by atoms with van der Waals surface area (Å²) in [4.78, 5) is 35.9. The van der Waals surface area contributed by atoms with E-state index in [1.807, 2.05) is 0 Å². The first-order chi connectivity index (χ1) is 14.2. The third kappa shape index (κ3) is 7.75. The van der Waals surface area contributed by atoms with Crippen molar-refractivity contribution in [1.29, 1.82) is 0 Å². The van der Waals surface area contributed by atoms with Crippen LogP contribution in [0.1, 0.15) is 25.7 Å². The van der Waals surface area contributed by atoms with E-state index in [2.05, 4.69) is 26.0 Å². The van der Waals surface area contributed by atoms with Crippen LogP contribution in [0, 0.1) is 0 Å². The molecule has 0 spiro atoms. The Bertz CT molecular complexity index is 787. The van der Waals surface area contributed by atoms with Crippen molar-refractivity contribution in [3.05, 3.63) is 24.3 Å². The number of ether oxygens (including phenoxy) is 1. The largest absolute Gasteiger partial charge is 0.573 e. The van der Waals surface area contributed by atoms with Crippen LogP contribution in [0.25, 0.3) is 0 Å². The molecule has 0 radical (unpaired) electrons. The number of hydrogen-bond donors (Lipinski definition) is 4. The number of halogens is 3. The molecule has 1 aliphatic carbocycles. The van der Waals surface area contributed by atoms with Gasteiger partial charge in [-0.05, 0) is 37.1 Å². The van der Waals surface area contributed by atoms with Crippen molar-refractivity contribution in [3.63, 3.8) is 0 Å². The Morgan fingerprint density at radius 2 is 1.87 bits per heavy atom. The quantitative estimate of drug-likeness (QED) is 0.484. The highest BCUT2D eigenvalue weighted by atomic mass is 32.2. The smallest absolute Gasteiger partial charge is 0.406 e. The average molecular weight is 446 g/mol. The zero-order valence-corrected chi connectivity index (χ0v) is 16.6. The van der Waals surface area contributed by atoms with Gasteiger partial charge in [0.25, 0.3) is 0 Å². The minimum atomic E-state index is -4.78. The highest BCUT2D eigenvalue weighted by Crippen LogP contribution is 2.24. The summed E-state index contributed by atoms with van der Waals surface area (Å²) in [5.74, 6) is -1.12. The fraction of sp³-hybridized carbons (Fsp3) is 0.500. The van der Waals surface area contributed by atoms with Gasteiger partial charge in [0, 0.05) is 30.6 Å². The lowest BCUT2D eigenvalue weighted by molar-refractivity contribution is -0.274. The van der Waals surface area contributed by atoms with E-state index in [0.29, 0.717) is 5.69 Å². The van der Waals surface area contributed by atoms with E-state index < -0.39 is 17.8 Å². The summed E-state index contributed by atoms with van der Waals surface area (Å²) < 4.78 is 40.2. The Morgan fingerprint density at radius 1 is 1.17 bits per heavy atom. The van der Waals surface area contributed by atoms with Gasteiger partial charge in [0.1, 0.15) is 11.2 Å². The molecule has 1 aromatic rings. The van der Waals surface area contributed by atoms with Crippen molar-refractivity contribution in [2.75, 3.05) is 11.1 Å². The first-order valence-electron chi connectivity index (χ1n) is 9.28. The van der Waals surface area contributed by atoms with E-state index in [1.54, 1.807) is 0 Å². The molecular weight excluding hydrogens is 425 g/mol. The van der Waals surface area contributed by atoms with Crippen molar-refractivity contribution in [2.45, 2.75) is 49.6 Å². The number of hydrogen-bond acceptors (Lipinski definition) is 6. The Hall–Kier alpha value is -2.47. The van der Waals surface area contributed by atoms with Gasteiger partial charge in [0.05, 0.1) is 5.75 Å². The molecule has 164 valence electrons. The molecule has 2 atom stereocenters. The molecule has 2 aliphatic rings. The summed E-state index contributed by atoms with van der Waals surface area (Å²) in [6.45, 7) is 0. The van der Waals surface area contributed by atoms with E-state index in [9.17, 15) is 27.6 Å². The zero-order valence-electron chi connectivity index (χ0n) is 15.8. The summed E-state index contributed by atoms with van der Waals surface area (Å²) in [7, 11) is 0. The molecule has 1 aliphatic heterocycles. The molecule has 1 aromatic carbocycles. The monoisotopic (exact) mass is 446 g/mol. The maximum absolute atomic E-state index is 12.2. The Morgan fingerprint density at radius 3 is 2.50 bits per heavy atom. The van der Waals surface area contributed by atoms with Gasteiger partial charge in [-0.2, -0.15) is 0 Å². The number of amides is 3. The fourth-order valence-electron chi connectivity index (χ4n) is 2.80. The van der Waals surface area contributed by atoms with Crippen LogP contribution in [0.3, 0.4) is 0 Å². The van der Waals surface area contributed by atoms with Gasteiger partial charge >= 0.3 is 6.36 Å². The van der Waals surface area contributed by atoms with E-state index >= 15 is 0 Å². The highest BCUT2D eigenvalue weighted by molar-refractivity contribution is 8.00. The number of nitrogens with one attached hydrogen (secondary N) is 4. The molecule has 2 unspecified atom stereocenters. The molecule has 8 nitrogen and oxygen atoms in total. The molecule has 0 bridgehead atoms. The van der Waals surface area contributed by atoms with Gasteiger partial charge in [0.15, 0.2) is 0 Å². The third-order valence-electron chi connectivity index (χ3n) is 4.24. The van der Waals surface area contributed by atoms with Crippen molar-refractivity contribution >= 4 is 35.2 Å². The predicted molar refractivity (Wildman–Crippen MR) is 103 cm³/mol. The van der Waals surface area contributed by atoms with Crippen molar-refractivity contribution in [1.82, 2.24) is 16.0 Å². The summed E-state index contributed by atoms with van der Waals surface area (Å²) in [6.07, 6.45) is -2.46. The topological polar surface area (TPSA) is 109 Å². The number of carbonyl (C=O) groups excluding carboxylic acids is 3. The minimum absolute atomic E-state index is 0.0141. The summed E-state index contributed by atoms with van der Waals surface area (Å²) in [5.41, 5.74) is -0.219. The van der Waals surface area contributed by atoms with E-state index in [4.69, 9.17) is 0 Å². The summed E-state index contributed by atoms with van der Waals surface area (Å²) in [6, 6.07) is 4.70. The molecule has 12 heteroatoms. The molecule has 0 aromatic heterocycles. The predicted octanol–water partition coefficient (Wildman–Crippen LogP) is 1.69. The van der Waals surface area contributed by atoms with Gasteiger partial charge < -0.3 is 20.7 Å². The molecule has 1 saturated heterocycles. The molecular formula is C18H21F3N4O4S. The number of carbonyl (C=O) groups is 3. The van der Waals surface area contributed by atoms with Crippen molar-refractivity contribution < 1.29 is 32.3 Å². The third-order valence-corrected chi connectivity index (χ3v) is 5.25. The Labute approximate surface area is 174 Å². The number of thioether (sulfide) groups is 1. The van der Waals surface area contributed by atoms with Crippen LogP contribution >= 0.6 is 11.8 Å². The summed E-state index contributed by atoms with van der Waals surface area (Å²) >= 11 is 1.14. The Balaban J connectivity index is 1.41. The fourth-order valence-corrected chi connectivity index (χ4v) is 3.69. The number of anilines is 1. The van der Waals surface area contributed by atoms with Gasteiger partial charge in [-0.25, -0.2) is 0 Å². The van der Waals surface area contributed by atoms with Crippen LogP contribution in [0.2, 0.25) is 0 Å². The number of alkyl halides is 3. The molecule has 3 rings (SSSR count). The van der Waals surface area contributed by atoms with E-state index in [0.717, 1.165) is 36.7 Å². The summed E-state index contributed by atoms with van der Waals surface area (Å²) in [5, 5.41) is 11.2.